The molecule has 0 aliphatic carbocycles. The molecule has 1 N–H and O–H groups in total. The first kappa shape index (κ1) is 19.7. The van der Waals surface area contributed by atoms with Crippen LogP contribution in [0, 0.1) is 20.8 Å². The summed E-state index contributed by atoms with van der Waals surface area (Å²) < 4.78 is 54.5. The average Bonchev–Trinajstić information content (AvgIpc) is 2.55. The maximum atomic E-state index is 12.9. The van der Waals surface area contributed by atoms with Gasteiger partial charge in [-0.2, -0.15) is 0 Å². The second-order valence-electron chi connectivity index (χ2n) is 6.98. The van der Waals surface area contributed by atoms with Crippen molar-refractivity contribution in [1.82, 2.24) is 0 Å². The molecule has 1 aliphatic rings. The summed E-state index contributed by atoms with van der Waals surface area (Å²) in [6.07, 6.45) is 1.45. The second kappa shape index (κ2) is 7.16. The van der Waals surface area contributed by atoms with Crippen LogP contribution in [0.1, 0.15) is 29.5 Å². The van der Waals surface area contributed by atoms with Crippen LogP contribution in [0.3, 0.4) is 0 Å². The van der Waals surface area contributed by atoms with E-state index < -0.39 is 20.0 Å². The Bertz CT molecular complexity index is 1040. The number of hydrogen-bond acceptors (Lipinski definition) is 4. The van der Waals surface area contributed by atoms with E-state index in [1.165, 1.54) is 4.31 Å². The van der Waals surface area contributed by atoms with Gasteiger partial charge in [0.1, 0.15) is 0 Å². The zero-order chi connectivity index (χ0) is 19.8. The summed E-state index contributed by atoms with van der Waals surface area (Å²) in [5.74, 6) is 0.125. The Kier molecular flexibility index (Phi) is 5.22. The van der Waals surface area contributed by atoms with Gasteiger partial charge < -0.3 is 0 Å². The van der Waals surface area contributed by atoms with Gasteiger partial charge in [0, 0.05) is 12.2 Å². The van der Waals surface area contributed by atoms with Gasteiger partial charge in [0.2, 0.25) is 10.0 Å². The van der Waals surface area contributed by atoms with E-state index in [4.69, 9.17) is 0 Å². The van der Waals surface area contributed by atoms with Crippen LogP contribution < -0.4 is 9.03 Å². The topological polar surface area (TPSA) is 83.6 Å². The maximum absolute atomic E-state index is 12.9. The van der Waals surface area contributed by atoms with Crippen molar-refractivity contribution < 1.29 is 16.8 Å². The smallest absolute Gasteiger partial charge is 0.262 e. The number of hydrogen-bond donors (Lipinski definition) is 1. The molecule has 1 aliphatic heterocycles. The van der Waals surface area contributed by atoms with Crippen molar-refractivity contribution in [2.45, 2.75) is 38.5 Å². The van der Waals surface area contributed by atoms with Crippen molar-refractivity contribution >= 4 is 31.4 Å². The van der Waals surface area contributed by atoms with Crippen molar-refractivity contribution in [1.29, 1.82) is 0 Å². The lowest BCUT2D eigenvalue weighted by Crippen LogP contribution is -2.38. The number of sulfonamides is 2. The third-order valence-corrected chi connectivity index (χ3v) is 8.21. The van der Waals surface area contributed by atoms with Crippen molar-refractivity contribution in [2.75, 3.05) is 21.3 Å². The quantitative estimate of drug-likeness (QED) is 0.841. The summed E-state index contributed by atoms with van der Waals surface area (Å²) in [5.41, 5.74) is 3.09. The number of benzene rings is 2. The van der Waals surface area contributed by atoms with E-state index >= 15 is 0 Å². The van der Waals surface area contributed by atoms with Gasteiger partial charge in [-0.3, -0.25) is 9.03 Å². The van der Waals surface area contributed by atoms with Crippen LogP contribution in [0.15, 0.2) is 41.3 Å². The van der Waals surface area contributed by atoms with Gasteiger partial charge in [0.25, 0.3) is 10.0 Å². The maximum Gasteiger partial charge on any atom is 0.262 e. The molecule has 0 aromatic heterocycles. The standard InChI is InChI=1S/C19H24N2O4S2/c1-14-6-8-17(9-7-14)20-27(24,25)19-15(2)12-18(13-16(19)3)21-10-4-5-11-26(21,22)23/h6-9,12-13,20H,4-5,10-11H2,1-3H3. The molecule has 0 bridgehead atoms. The zero-order valence-corrected chi connectivity index (χ0v) is 17.3. The predicted molar refractivity (Wildman–Crippen MR) is 108 cm³/mol. The van der Waals surface area contributed by atoms with Gasteiger partial charge in [0.15, 0.2) is 0 Å². The van der Waals surface area contributed by atoms with Crippen molar-refractivity contribution in [3.8, 4) is 0 Å². The fraction of sp³-hybridized carbons (Fsp3) is 0.368. The van der Waals surface area contributed by atoms with Gasteiger partial charge in [0.05, 0.1) is 16.3 Å². The van der Waals surface area contributed by atoms with E-state index in [2.05, 4.69) is 4.72 Å². The van der Waals surface area contributed by atoms with Crippen LogP contribution in [0.5, 0.6) is 0 Å². The van der Waals surface area contributed by atoms with Crippen LogP contribution >= 0.6 is 0 Å². The molecule has 146 valence electrons. The molecule has 1 fully saturated rings. The Balaban J connectivity index is 1.98. The first-order chi connectivity index (χ1) is 12.6. The largest absolute Gasteiger partial charge is 0.280 e. The first-order valence-electron chi connectivity index (χ1n) is 8.81. The zero-order valence-electron chi connectivity index (χ0n) is 15.7. The number of nitrogens with zero attached hydrogens (tertiary/aromatic N) is 1. The molecule has 0 unspecified atom stereocenters. The van der Waals surface area contributed by atoms with E-state index in [1.807, 2.05) is 19.1 Å². The molecule has 0 spiro atoms. The number of rotatable bonds is 4. The molecule has 3 rings (SSSR count). The number of anilines is 2. The van der Waals surface area contributed by atoms with Crippen LogP contribution in [0.25, 0.3) is 0 Å². The number of aryl methyl sites for hydroxylation is 3. The molecule has 2 aromatic rings. The van der Waals surface area contributed by atoms with Gasteiger partial charge in [-0.25, -0.2) is 16.8 Å². The lowest BCUT2D eigenvalue weighted by molar-refractivity contribution is 0.574. The highest BCUT2D eigenvalue weighted by Crippen LogP contribution is 2.31. The lowest BCUT2D eigenvalue weighted by Gasteiger charge is -2.29. The normalized spacial score (nSPS) is 16.9. The molecular formula is C19H24N2O4S2. The lowest BCUT2D eigenvalue weighted by atomic mass is 10.1. The number of nitrogens with one attached hydrogen (secondary N) is 1. The minimum absolute atomic E-state index is 0.125. The molecular weight excluding hydrogens is 384 g/mol. The highest BCUT2D eigenvalue weighted by molar-refractivity contribution is 7.93. The van der Waals surface area contributed by atoms with Crippen molar-refractivity contribution in [2.24, 2.45) is 0 Å². The summed E-state index contributed by atoms with van der Waals surface area (Å²) in [7, 11) is -7.12. The fourth-order valence-corrected chi connectivity index (χ4v) is 6.54. The van der Waals surface area contributed by atoms with Crippen molar-refractivity contribution in [3.63, 3.8) is 0 Å². The minimum Gasteiger partial charge on any atom is -0.280 e. The second-order valence-corrected chi connectivity index (χ2v) is 10.6. The molecule has 27 heavy (non-hydrogen) atoms. The minimum atomic E-state index is -3.78. The third kappa shape index (κ3) is 4.11. The monoisotopic (exact) mass is 408 g/mol. The molecule has 8 heteroatoms. The van der Waals surface area contributed by atoms with Crippen LogP contribution in [-0.2, 0) is 20.0 Å². The Morgan fingerprint density at radius 1 is 0.963 bits per heavy atom. The Hall–Kier alpha value is -2.06. The molecule has 0 atom stereocenters. The van der Waals surface area contributed by atoms with Crippen LogP contribution in [0.4, 0.5) is 11.4 Å². The molecule has 6 nitrogen and oxygen atoms in total. The van der Waals surface area contributed by atoms with Crippen molar-refractivity contribution in [3.05, 3.63) is 53.1 Å². The summed E-state index contributed by atoms with van der Waals surface area (Å²) in [4.78, 5) is 0.182. The van der Waals surface area contributed by atoms with Gasteiger partial charge >= 0.3 is 0 Å². The SMILES string of the molecule is Cc1ccc(NS(=O)(=O)c2c(C)cc(N3CCCCS3(=O)=O)cc2C)cc1. The summed E-state index contributed by atoms with van der Waals surface area (Å²) in [6.45, 7) is 5.74. The molecule has 2 aromatic carbocycles. The molecule has 0 saturated carbocycles. The summed E-state index contributed by atoms with van der Waals surface area (Å²) in [5, 5.41) is 0. The Morgan fingerprint density at radius 3 is 2.11 bits per heavy atom. The molecule has 1 saturated heterocycles. The van der Waals surface area contributed by atoms with E-state index in [0.29, 0.717) is 35.5 Å². The van der Waals surface area contributed by atoms with E-state index in [1.54, 1.807) is 38.1 Å². The van der Waals surface area contributed by atoms with Gasteiger partial charge in [-0.05, 0) is 69.0 Å². The summed E-state index contributed by atoms with van der Waals surface area (Å²) >= 11 is 0. The van der Waals surface area contributed by atoms with Crippen LogP contribution in [-0.4, -0.2) is 29.1 Å². The van der Waals surface area contributed by atoms with E-state index in [0.717, 1.165) is 12.0 Å². The van der Waals surface area contributed by atoms with E-state index in [9.17, 15) is 16.8 Å². The average molecular weight is 409 g/mol. The van der Waals surface area contributed by atoms with Crippen LogP contribution in [0.2, 0.25) is 0 Å². The van der Waals surface area contributed by atoms with Gasteiger partial charge in [-0.15, -0.1) is 0 Å². The highest BCUT2D eigenvalue weighted by Gasteiger charge is 2.28. The molecule has 0 amide bonds. The summed E-state index contributed by atoms with van der Waals surface area (Å²) in [6, 6.07) is 10.4. The predicted octanol–water partition coefficient (Wildman–Crippen LogP) is 3.34. The van der Waals surface area contributed by atoms with E-state index in [-0.39, 0.29) is 10.6 Å². The fourth-order valence-electron chi connectivity index (χ4n) is 3.40. The highest BCUT2D eigenvalue weighted by atomic mass is 32.2. The first-order valence-corrected chi connectivity index (χ1v) is 11.9. The molecule has 0 radical (unpaired) electrons. The van der Waals surface area contributed by atoms with Gasteiger partial charge in [-0.1, -0.05) is 17.7 Å². The third-order valence-electron chi connectivity index (χ3n) is 4.65. The Morgan fingerprint density at radius 2 is 1.56 bits per heavy atom. The Labute approximate surface area is 161 Å². The molecule has 1 heterocycles.